The SMILES string of the molecule is Ic1scc2ncncc12. The highest BCUT2D eigenvalue weighted by molar-refractivity contribution is 14.1. The number of rotatable bonds is 0. The first-order chi connectivity index (χ1) is 4.88. The summed E-state index contributed by atoms with van der Waals surface area (Å²) < 4.78 is 1.26. The Hall–Kier alpha value is -0.230. The Labute approximate surface area is 75.5 Å². The van der Waals surface area contributed by atoms with E-state index in [0.29, 0.717) is 0 Å². The third-order valence-corrected chi connectivity index (χ3v) is 3.34. The Morgan fingerprint density at radius 1 is 1.50 bits per heavy atom. The topological polar surface area (TPSA) is 25.8 Å². The number of halogens is 1. The summed E-state index contributed by atoms with van der Waals surface area (Å²) in [4.78, 5) is 8.03. The van der Waals surface area contributed by atoms with E-state index in [9.17, 15) is 0 Å². The number of hydrogen-bond donors (Lipinski definition) is 0. The molecule has 0 bridgehead atoms. The number of aromatic nitrogens is 2. The summed E-state index contributed by atoms with van der Waals surface area (Å²) in [5, 5.41) is 3.20. The summed E-state index contributed by atoms with van der Waals surface area (Å²) in [6.45, 7) is 0. The second kappa shape index (κ2) is 2.43. The zero-order valence-corrected chi connectivity index (χ0v) is 7.89. The molecule has 0 saturated carbocycles. The molecule has 0 spiro atoms. The minimum atomic E-state index is 1.05. The zero-order chi connectivity index (χ0) is 6.97. The van der Waals surface area contributed by atoms with Crippen LogP contribution in [0.3, 0.4) is 0 Å². The second-order valence-electron chi connectivity index (χ2n) is 1.83. The van der Waals surface area contributed by atoms with Crippen LogP contribution in [0.4, 0.5) is 0 Å². The van der Waals surface area contributed by atoms with Gasteiger partial charge in [0.05, 0.1) is 8.40 Å². The van der Waals surface area contributed by atoms with Crippen molar-refractivity contribution < 1.29 is 0 Å². The van der Waals surface area contributed by atoms with E-state index in [1.54, 1.807) is 17.7 Å². The summed E-state index contributed by atoms with van der Waals surface area (Å²) in [5.41, 5.74) is 1.05. The van der Waals surface area contributed by atoms with E-state index in [2.05, 4.69) is 32.6 Å². The van der Waals surface area contributed by atoms with Crippen LogP contribution in [-0.4, -0.2) is 9.97 Å². The van der Waals surface area contributed by atoms with Gasteiger partial charge in [0.2, 0.25) is 0 Å². The molecule has 10 heavy (non-hydrogen) atoms. The van der Waals surface area contributed by atoms with Crippen LogP contribution >= 0.6 is 33.9 Å². The first-order valence-corrected chi connectivity index (χ1v) is 4.66. The Kier molecular flexibility index (Phi) is 1.57. The van der Waals surface area contributed by atoms with E-state index in [0.717, 1.165) is 10.9 Å². The molecule has 2 rings (SSSR count). The molecular formula is C6H3IN2S. The van der Waals surface area contributed by atoms with E-state index in [4.69, 9.17) is 0 Å². The van der Waals surface area contributed by atoms with Gasteiger partial charge in [-0.05, 0) is 22.6 Å². The molecule has 2 nitrogen and oxygen atoms in total. The summed E-state index contributed by atoms with van der Waals surface area (Å²) in [6.07, 6.45) is 3.42. The van der Waals surface area contributed by atoms with E-state index < -0.39 is 0 Å². The molecule has 0 atom stereocenters. The van der Waals surface area contributed by atoms with Crippen LogP contribution < -0.4 is 0 Å². The molecule has 0 aliphatic rings. The lowest BCUT2D eigenvalue weighted by atomic mass is 10.4. The van der Waals surface area contributed by atoms with Gasteiger partial charge in [-0.15, -0.1) is 11.3 Å². The van der Waals surface area contributed by atoms with Crippen molar-refractivity contribution in [1.82, 2.24) is 9.97 Å². The predicted molar refractivity (Wildman–Crippen MR) is 50.1 cm³/mol. The maximum atomic E-state index is 4.10. The molecular weight excluding hydrogens is 259 g/mol. The lowest BCUT2D eigenvalue weighted by molar-refractivity contribution is 1.23. The number of hydrogen-bond acceptors (Lipinski definition) is 3. The van der Waals surface area contributed by atoms with Crippen molar-refractivity contribution in [2.75, 3.05) is 0 Å². The summed E-state index contributed by atoms with van der Waals surface area (Å²) >= 11 is 3.99. The van der Waals surface area contributed by atoms with Crippen LogP contribution in [0, 0.1) is 2.88 Å². The number of thiophene rings is 1. The largest absolute Gasteiger partial charge is 0.244 e. The molecule has 0 amide bonds. The van der Waals surface area contributed by atoms with E-state index in [1.807, 2.05) is 11.6 Å². The van der Waals surface area contributed by atoms with Crippen molar-refractivity contribution in [1.29, 1.82) is 0 Å². The van der Waals surface area contributed by atoms with Gasteiger partial charge >= 0.3 is 0 Å². The van der Waals surface area contributed by atoms with Crippen LogP contribution in [0.1, 0.15) is 0 Å². The molecule has 4 heteroatoms. The lowest BCUT2D eigenvalue weighted by Gasteiger charge is -1.84. The van der Waals surface area contributed by atoms with E-state index in [-0.39, 0.29) is 0 Å². The van der Waals surface area contributed by atoms with Crippen LogP contribution in [0.25, 0.3) is 10.9 Å². The van der Waals surface area contributed by atoms with Crippen molar-refractivity contribution in [2.45, 2.75) is 0 Å². The van der Waals surface area contributed by atoms with Crippen molar-refractivity contribution in [3.05, 3.63) is 20.8 Å². The van der Waals surface area contributed by atoms with Crippen molar-refractivity contribution in [3.8, 4) is 0 Å². The fraction of sp³-hybridized carbons (Fsp3) is 0. The van der Waals surface area contributed by atoms with E-state index >= 15 is 0 Å². The Bertz CT molecular complexity index is 357. The minimum Gasteiger partial charge on any atom is -0.244 e. The summed E-state index contributed by atoms with van der Waals surface area (Å²) in [5.74, 6) is 0. The standard InChI is InChI=1S/C6H3IN2S/c7-6-4-1-8-3-9-5(4)2-10-6/h1-3H. The minimum absolute atomic E-state index is 1.05. The van der Waals surface area contributed by atoms with Gasteiger partial charge in [0.1, 0.15) is 6.33 Å². The van der Waals surface area contributed by atoms with Gasteiger partial charge in [-0.25, -0.2) is 9.97 Å². The molecule has 2 aromatic heterocycles. The van der Waals surface area contributed by atoms with Gasteiger partial charge in [0, 0.05) is 17.0 Å². The first-order valence-electron chi connectivity index (χ1n) is 2.70. The molecule has 50 valence electrons. The average Bonchev–Trinajstić information content (AvgIpc) is 2.34. The molecule has 0 unspecified atom stereocenters. The van der Waals surface area contributed by atoms with Crippen LogP contribution in [0.2, 0.25) is 0 Å². The van der Waals surface area contributed by atoms with Crippen LogP contribution in [-0.2, 0) is 0 Å². The Morgan fingerprint density at radius 3 is 3.20 bits per heavy atom. The van der Waals surface area contributed by atoms with Crippen LogP contribution in [0.15, 0.2) is 17.9 Å². The molecule has 0 aliphatic heterocycles. The Morgan fingerprint density at radius 2 is 2.40 bits per heavy atom. The third-order valence-electron chi connectivity index (χ3n) is 1.23. The molecule has 0 N–H and O–H groups in total. The monoisotopic (exact) mass is 262 g/mol. The highest BCUT2D eigenvalue weighted by Gasteiger charge is 1.99. The van der Waals surface area contributed by atoms with Gasteiger partial charge < -0.3 is 0 Å². The van der Waals surface area contributed by atoms with Crippen molar-refractivity contribution in [3.63, 3.8) is 0 Å². The zero-order valence-electron chi connectivity index (χ0n) is 4.91. The average molecular weight is 262 g/mol. The lowest BCUT2D eigenvalue weighted by Crippen LogP contribution is -1.74. The fourth-order valence-corrected chi connectivity index (χ4v) is 2.24. The van der Waals surface area contributed by atoms with Crippen molar-refractivity contribution >= 4 is 44.8 Å². The number of nitrogens with zero attached hydrogens (tertiary/aromatic N) is 2. The molecule has 2 heterocycles. The molecule has 0 radical (unpaired) electrons. The quantitative estimate of drug-likeness (QED) is 0.681. The van der Waals surface area contributed by atoms with Crippen LogP contribution in [0.5, 0.6) is 0 Å². The van der Waals surface area contributed by atoms with Gasteiger partial charge in [0.15, 0.2) is 0 Å². The fourth-order valence-electron chi connectivity index (χ4n) is 0.755. The maximum Gasteiger partial charge on any atom is 0.116 e. The summed E-state index contributed by atoms with van der Waals surface area (Å²) in [6, 6.07) is 0. The van der Waals surface area contributed by atoms with Gasteiger partial charge in [0.25, 0.3) is 0 Å². The molecule has 0 fully saturated rings. The number of fused-ring (bicyclic) bond motifs is 1. The van der Waals surface area contributed by atoms with Gasteiger partial charge in [-0.1, -0.05) is 0 Å². The first kappa shape index (κ1) is 6.48. The Balaban J connectivity index is 2.93. The smallest absolute Gasteiger partial charge is 0.116 e. The van der Waals surface area contributed by atoms with Gasteiger partial charge in [-0.2, -0.15) is 0 Å². The van der Waals surface area contributed by atoms with E-state index in [1.165, 1.54) is 2.88 Å². The normalized spacial score (nSPS) is 10.5. The maximum absolute atomic E-state index is 4.10. The molecule has 0 aromatic carbocycles. The van der Waals surface area contributed by atoms with Gasteiger partial charge in [-0.3, -0.25) is 0 Å². The molecule has 0 aliphatic carbocycles. The second-order valence-corrected chi connectivity index (χ2v) is 4.52. The van der Waals surface area contributed by atoms with Crippen molar-refractivity contribution in [2.24, 2.45) is 0 Å². The predicted octanol–water partition coefficient (Wildman–Crippen LogP) is 2.30. The molecule has 2 aromatic rings. The third kappa shape index (κ3) is 0.911. The molecule has 0 saturated heterocycles. The summed E-state index contributed by atoms with van der Waals surface area (Å²) in [7, 11) is 0. The highest BCUT2D eigenvalue weighted by atomic mass is 127. The highest BCUT2D eigenvalue weighted by Crippen LogP contribution is 2.23.